The number of fused-ring (bicyclic) bond motifs is 3. The summed E-state index contributed by atoms with van der Waals surface area (Å²) in [5.41, 5.74) is 2.39. The molecule has 1 amide bonds. The van der Waals surface area contributed by atoms with Gasteiger partial charge < -0.3 is 42.9 Å². The summed E-state index contributed by atoms with van der Waals surface area (Å²) in [5.74, 6) is -7.17. The van der Waals surface area contributed by atoms with Crippen LogP contribution in [0.25, 0.3) is 0 Å². The number of aliphatic hydroxyl groups is 1. The number of cyclic esters (lactones) is 1. The fraction of sp³-hybridized carbons (Fsp3) is 0.737. The van der Waals surface area contributed by atoms with Crippen molar-refractivity contribution in [1.29, 1.82) is 0 Å². The van der Waals surface area contributed by atoms with E-state index in [0.29, 0.717) is 50.5 Å². The number of carbonyl (C=O) groups excluding carboxylic acids is 5. The molecule has 1 aliphatic carbocycles. The van der Waals surface area contributed by atoms with Gasteiger partial charge in [0.2, 0.25) is 5.79 Å². The Morgan fingerprint density at radius 1 is 0.875 bits per heavy atom. The number of benzene rings is 1. The number of rotatable bonds is 12. The lowest BCUT2D eigenvalue weighted by atomic mass is 9.81. The predicted octanol–water partition coefficient (Wildman–Crippen LogP) is 9.41. The number of esters is 1. The maximum atomic E-state index is 15.0. The maximum absolute atomic E-state index is 15.0. The van der Waals surface area contributed by atoms with Gasteiger partial charge in [0, 0.05) is 57.6 Å². The zero-order chi connectivity index (χ0) is 53.3. The zero-order valence-corrected chi connectivity index (χ0v) is 47.0. The third kappa shape index (κ3) is 14.5. The van der Waals surface area contributed by atoms with Crippen molar-refractivity contribution in [2.75, 3.05) is 34.5 Å². The lowest BCUT2D eigenvalue weighted by Crippen LogP contribution is -2.64. The smallest absolute Gasteiger partial charge is 0.329 e. The first kappa shape index (κ1) is 59.5. The summed E-state index contributed by atoms with van der Waals surface area (Å²) in [7, 11) is 2.18. The molecular formula is C57H89NO13Si. The second-order valence-electron chi connectivity index (χ2n) is 23.1. The van der Waals surface area contributed by atoms with Gasteiger partial charge >= 0.3 is 5.97 Å². The van der Waals surface area contributed by atoms with Crippen LogP contribution in [0, 0.1) is 29.6 Å². The quantitative estimate of drug-likeness (QED) is 0.0691. The van der Waals surface area contributed by atoms with E-state index in [1.165, 1.54) is 4.90 Å². The van der Waals surface area contributed by atoms with E-state index in [4.69, 9.17) is 32.8 Å². The third-order valence-corrected chi connectivity index (χ3v) is 21.1. The molecule has 14 atom stereocenters. The molecule has 3 heterocycles. The number of carbonyl (C=O) groups is 5. The van der Waals surface area contributed by atoms with Crippen LogP contribution in [-0.4, -0.2) is 137 Å². The summed E-state index contributed by atoms with van der Waals surface area (Å²) in [6.45, 7) is 22.5. The summed E-state index contributed by atoms with van der Waals surface area (Å²) in [4.78, 5) is 73.2. The molecule has 1 N–H and O–H groups in total. The molecule has 14 nitrogen and oxygen atoms in total. The number of nitrogens with zero attached hydrogens (tertiary/aromatic N) is 1. The van der Waals surface area contributed by atoms with Crippen LogP contribution in [0.4, 0.5) is 0 Å². The molecule has 14 unspecified atom stereocenters. The van der Waals surface area contributed by atoms with Crippen LogP contribution in [0.1, 0.15) is 143 Å². The average Bonchev–Trinajstić information content (AvgIpc) is 3.35. The van der Waals surface area contributed by atoms with Crippen molar-refractivity contribution in [1.82, 2.24) is 4.90 Å². The van der Waals surface area contributed by atoms with Crippen LogP contribution in [0.5, 0.6) is 0 Å². The van der Waals surface area contributed by atoms with Gasteiger partial charge in [-0.15, -0.1) is 0 Å². The Bertz CT molecular complexity index is 2070. The number of Topliss-reactive ketones (excluding diaryl/α,β-unsaturated/α-hetero) is 3. The molecule has 3 aliphatic heterocycles. The van der Waals surface area contributed by atoms with Gasteiger partial charge in [-0.2, -0.15) is 0 Å². The van der Waals surface area contributed by atoms with E-state index >= 15 is 0 Å². The number of hydrogen-bond donors (Lipinski definition) is 1. The Morgan fingerprint density at radius 2 is 1.53 bits per heavy atom. The summed E-state index contributed by atoms with van der Waals surface area (Å²) in [5, 5.41) is 12.1. The summed E-state index contributed by atoms with van der Waals surface area (Å²) in [6, 6.07) is 7.94. The Hall–Kier alpha value is -3.41. The molecule has 5 rings (SSSR count). The van der Waals surface area contributed by atoms with E-state index in [0.717, 1.165) is 17.6 Å². The number of hydrogen-bond acceptors (Lipinski definition) is 13. The van der Waals surface area contributed by atoms with Gasteiger partial charge in [-0.3, -0.25) is 19.2 Å². The van der Waals surface area contributed by atoms with E-state index in [-0.39, 0.29) is 73.1 Å². The van der Waals surface area contributed by atoms with Gasteiger partial charge in [0.05, 0.1) is 30.5 Å². The lowest BCUT2D eigenvalue weighted by molar-refractivity contribution is -0.302. The maximum Gasteiger partial charge on any atom is 0.329 e. The van der Waals surface area contributed by atoms with Crippen LogP contribution >= 0.6 is 0 Å². The lowest BCUT2D eigenvalue weighted by Gasteiger charge is -2.47. The van der Waals surface area contributed by atoms with Gasteiger partial charge in [-0.1, -0.05) is 96.5 Å². The average molecular weight is 1020 g/mol. The number of amides is 1. The molecule has 1 saturated carbocycles. The van der Waals surface area contributed by atoms with Crippen LogP contribution < -0.4 is 0 Å². The summed E-state index contributed by atoms with van der Waals surface area (Å²) in [6.07, 6.45) is 5.32. The molecule has 1 aromatic rings. The topological polar surface area (TPSA) is 173 Å². The highest BCUT2D eigenvalue weighted by Gasteiger charge is 2.57. The minimum atomic E-state index is -2.57. The molecular weight excluding hydrogens is 935 g/mol. The second-order valence-corrected chi connectivity index (χ2v) is 27.8. The molecule has 15 heteroatoms. The number of allylic oxidation sites excluding steroid dienone is 3. The standard InChI is InChI=1S/C57H89NO13Si/c1-15-41-28-35(2)27-36(3)29-49(66-11)52-50(67-12)31-38(5)57(64,70-52)53(61)54(62)58-26-20-19-23-43(58)55(63)69-51(39(6)47(33-44(41)59)71-72(13,14)56(7,8)9)37(4)30-40-24-25-46(48(32-40)65-10)68-34-45(60)42-21-17-16-18-22-42/h16-18,21-22,28,30,36,38-41,43,46-52,64H,15,19-20,23-27,29,31-34H2,1-14H3/b35-28+,37-30?. The van der Waals surface area contributed by atoms with Crippen LogP contribution in [0.2, 0.25) is 18.1 Å². The van der Waals surface area contributed by atoms with Gasteiger partial charge in [0.25, 0.3) is 11.7 Å². The number of piperidine rings is 1. The first-order valence-electron chi connectivity index (χ1n) is 26.7. The van der Waals surface area contributed by atoms with Crippen molar-refractivity contribution in [2.24, 2.45) is 29.6 Å². The van der Waals surface area contributed by atoms with E-state index in [1.54, 1.807) is 40.4 Å². The fourth-order valence-electron chi connectivity index (χ4n) is 11.1. The Morgan fingerprint density at radius 3 is 2.15 bits per heavy atom. The number of methoxy groups -OCH3 is 3. The largest absolute Gasteiger partial charge is 0.456 e. The van der Waals surface area contributed by atoms with Gasteiger partial charge in [0.15, 0.2) is 14.1 Å². The molecule has 1 aromatic carbocycles. The van der Waals surface area contributed by atoms with Crippen molar-refractivity contribution in [3.63, 3.8) is 0 Å². The predicted molar refractivity (Wildman–Crippen MR) is 279 cm³/mol. The number of ketones is 3. The normalized spacial score (nSPS) is 35.4. The van der Waals surface area contributed by atoms with Crippen molar-refractivity contribution in [3.8, 4) is 0 Å². The molecule has 0 spiro atoms. The van der Waals surface area contributed by atoms with Crippen LogP contribution in [0.3, 0.4) is 0 Å². The first-order valence-corrected chi connectivity index (χ1v) is 29.6. The molecule has 3 fully saturated rings. The van der Waals surface area contributed by atoms with E-state index in [2.05, 4.69) is 52.9 Å². The minimum absolute atomic E-state index is 0.0140. The van der Waals surface area contributed by atoms with Gasteiger partial charge in [-0.05, 0) is 114 Å². The van der Waals surface area contributed by atoms with E-state index in [1.807, 2.05) is 45.9 Å². The molecule has 72 heavy (non-hydrogen) atoms. The molecule has 2 bridgehead atoms. The monoisotopic (exact) mass is 1020 g/mol. The van der Waals surface area contributed by atoms with E-state index in [9.17, 15) is 29.1 Å². The highest BCUT2D eigenvalue weighted by Crippen LogP contribution is 2.42. The molecule has 0 radical (unpaired) electrons. The number of ether oxygens (including phenoxy) is 6. The van der Waals surface area contributed by atoms with Crippen molar-refractivity contribution in [2.45, 2.75) is 206 Å². The molecule has 0 aromatic heterocycles. The van der Waals surface area contributed by atoms with Crippen LogP contribution in [-0.2, 0) is 52.0 Å². The first-order chi connectivity index (χ1) is 33.9. The molecule has 404 valence electrons. The second kappa shape index (κ2) is 25.9. The zero-order valence-electron chi connectivity index (χ0n) is 46.0. The Labute approximate surface area is 431 Å². The van der Waals surface area contributed by atoms with E-state index < -0.39 is 86.1 Å². The molecule has 2 saturated heterocycles. The minimum Gasteiger partial charge on any atom is -0.456 e. The van der Waals surface area contributed by atoms with Crippen molar-refractivity contribution >= 4 is 37.5 Å². The fourth-order valence-corrected chi connectivity index (χ4v) is 12.6. The summed E-state index contributed by atoms with van der Waals surface area (Å²) >= 11 is 0. The Balaban J connectivity index is 1.57. The van der Waals surface area contributed by atoms with Crippen molar-refractivity contribution < 1.29 is 61.9 Å². The van der Waals surface area contributed by atoms with Crippen molar-refractivity contribution in [3.05, 3.63) is 59.2 Å². The Kier molecular flexibility index (Phi) is 21.4. The van der Waals surface area contributed by atoms with Gasteiger partial charge in [0.1, 0.15) is 30.6 Å². The highest BCUT2D eigenvalue weighted by molar-refractivity contribution is 6.74. The highest BCUT2D eigenvalue weighted by atomic mass is 28.4. The van der Waals surface area contributed by atoms with Crippen LogP contribution in [0.15, 0.2) is 53.6 Å². The summed E-state index contributed by atoms with van der Waals surface area (Å²) < 4.78 is 44.4. The molecule has 4 aliphatic rings. The SMILES string of the molecule is CCC1/C=C(\C)CC(C)CC(OC)C2OC(O)(C(=O)C(=O)N3CCCCC3C(=O)OC(C(C)=CC3CCC(OCC(=O)c4ccccc4)C(OC)C3)C(C)C(O[Si](C)(C)C(C)(C)C)CC1=O)C(C)CC2OC. The van der Waals surface area contributed by atoms with Gasteiger partial charge in [-0.25, -0.2) is 4.79 Å². The third-order valence-electron chi connectivity index (χ3n) is 16.6.